The molecule has 0 saturated carbocycles. The molecule has 2 heterocycles. The first-order chi connectivity index (χ1) is 17.1. The lowest BCUT2D eigenvalue weighted by molar-refractivity contribution is -0.123. The number of sulfonamides is 1. The van der Waals surface area contributed by atoms with Gasteiger partial charge in [-0.3, -0.25) is 9.69 Å². The van der Waals surface area contributed by atoms with E-state index in [2.05, 4.69) is 4.90 Å². The number of nitrogens with zero attached hydrogens (tertiary/aromatic N) is 4. The highest BCUT2D eigenvalue weighted by Crippen LogP contribution is 2.35. The molecule has 1 aliphatic rings. The first-order valence-corrected chi connectivity index (χ1v) is 14.5. The summed E-state index contributed by atoms with van der Waals surface area (Å²) in [4.78, 5) is 22.4. The zero-order valence-electron chi connectivity index (χ0n) is 20.6. The van der Waals surface area contributed by atoms with E-state index in [1.54, 1.807) is 4.90 Å². The Bertz CT molecular complexity index is 1340. The second kappa shape index (κ2) is 11.1. The summed E-state index contributed by atoms with van der Waals surface area (Å²) in [5.41, 5.74) is 1.68. The van der Waals surface area contributed by atoms with E-state index in [1.807, 2.05) is 33.2 Å². The van der Waals surface area contributed by atoms with Crippen LogP contribution >= 0.6 is 22.9 Å². The van der Waals surface area contributed by atoms with Crippen molar-refractivity contribution in [2.75, 3.05) is 45.2 Å². The second-order valence-corrected chi connectivity index (χ2v) is 12.6. The fourth-order valence-corrected chi connectivity index (χ4v) is 7.05. The third-order valence-electron chi connectivity index (χ3n) is 6.48. The molecule has 3 aromatic rings. The molecule has 1 aromatic heterocycles. The van der Waals surface area contributed by atoms with E-state index in [0.717, 1.165) is 40.9 Å². The zero-order valence-corrected chi connectivity index (χ0v) is 23.0. The summed E-state index contributed by atoms with van der Waals surface area (Å²) in [5.74, 6) is -0.823. The second-order valence-electron chi connectivity index (χ2n) is 9.29. The number of hydrogen-bond acceptors (Lipinski definition) is 6. The van der Waals surface area contributed by atoms with E-state index in [4.69, 9.17) is 16.6 Å². The molecule has 1 saturated heterocycles. The standard InChI is InChI=1S/C25H30ClFN4O3S2/c1-17-21(26)9-10-22-23(17)28-25(35-22)31(14-4-13-29(2)3)24(32)18-11-15-30(16-12-18)36(33,34)20-7-5-19(27)6-8-20/h5-10,18H,4,11-16H2,1-3H3. The number of carbonyl (C=O) groups excluding carboxylic acids is 1. The molecule has 0 unspecified atom stereocenters. The zero-order chi connectivity index (χ0) is 26.0. The molecule has 1 fully saturated rings. The first-order valence-electron chi connectivity index (χ1n) is 11.9. The minimum atomic E-state index is -3.74. The minimum Gasteiger partial charge on any atom is -0.309 e. The van der Waals surface area contributed by atoms with Gasteiger partial charge in [0.05, 0.1) is 15.1 Å². The SMILES string of the molecule is Cc1c(Cl)ccc2sc(N(CCCN(C)C)C(=O)C3CCN(S(=O)(=O)c4ccc(F)cc4)CC3)nc12. The molecule has 0 bridgehead atoms. The molecule has 194 valence electrons. The van der Waals surface area contributed by atoms with Crippen LogP contribution in [0.25, 0.3) is 10.2 Å². The lowest BCUT2D eigenvalue weighted by Crippen LogP contribution is -2.45. The van der Waals surface area contributed by atoms with Gasteiger partial charge in [0.1, 0.15) is 5.82 Å². The maximum absolute atomic E-state index is 13.7. The third-order valence-corrected chi connectivity index (χ3v) is 9.84. The van der Waals surface area contributed by atoms with Crippen molar-refractivity contribution in [1.29, 1.82) is 0 Å². The summed E-state index contributed by atoms with van der Waals surface area (Å²) < 4.78 is 41.6. The van der Waals surface area contributed by atoms with Crippen molar-refractivity contribution in [2.45, 2.75) is 31.1 Å². The summed E-state index contributed by atoms with van der Waals surface area (Å²) in [6.45, 7) is 3.74. The van der Waals surface area contributed by atoms with Crippen LogP contribution in [0, 0.1) is 18.7 Å². The number of fused-ring (bicyclic) bond motifs is 1. The van der Waals surface area contributed by atoms with Gasteiger partial charge in [-0.25, -0.2) is 17.8 Å². The van der Waals surface area contributed by atoms with Gasteiger partial charge in [-0.1, -0.05) is 22.9 Å². The van der Waals surface area contributed by atoms with E-state index < -0.39 is 15.8 Å². The fourth-order valence-electron chi connectivity index (χ4n) is 4.37. The molecule has 1 aliphatic heterocycles. The number of amides is 1. The number of carbonyl (C=O) groups is 1. The van der Waals surface area contributed by atoms with Gasteiger partial charge in [0, 0.05) is 30.6 Å². The van der Waals surface area contributed by atoms with E-state index >= 15 is 0 Å². The number of halogens is 2. The number of anilines is 1. The van der Waals surface area contributed by atoms with Crippen LogP contribution < -0.4 is 4.90 Å². The molecule has 7 nitrogen and oxygen atoms in total. The summed E-state index contributed by atoms with van der Waals surface area (Å²) in [6.07, 6.45) is 1.62. The molecule has 0 atom stereocenters. The summed E-state index contributed by atoms with van der Waals surface area (Å²) in [7, 11) is 0.248. The molecule has 0 spiro atoms. The van der Waals surface area contributed by atoms with Gasteiger partial charge in [-0.2, -0.15) is 4.31 Å². The molecule has 11 heteroatoms. The molecule has 0 radical (unpaired) electrons. The molecule has 36 heavy (non-hydrogen) atoms. The highest BCUT2D eigenvalue weighted by atomic mass is 35.5. The fraction of sp³-hybridized carbons (Fsp3) is 0.440. The van der Waals surface area contributed by atoms with Gasteiger partial charge in [0.15, 0.2) is 5.13 Å². The quantitative estimate of drug-likeness (QED) is 0.402. The number of hydrogen-bond donors (Lipinski definition) is 0. The van der Waals surface area contributed by atoms with Gasteiger partial charge in [0.2, 0.25) is 15.9 Å². The molecular formula is C25H30ClFN4O3S2. The average Bonchev–Trinajstić information content (AvgIpc) is 3.29. The topological polar surface area (TPSA) is 73.8 Å². The van der Waals surface area contributed by atoms with Crippen LogP contribution in [0.2, 0.25) is 5.02 Å². The van der Waals surface area contributed by atoms with Crippen LogP contribution in [0.1, 0.15) is 24.8 Å². The Kier molecular flexibility index (Phi) is 8.31. The van der Waals surface area contributed by atoms with Crippen molar-refractivity contribution < 1.29 is 17.6 Å². The number of piperidine rings is 1. The third kappa shape index (κ3) is 5.73. The molecule has 1 amide bonds. The summed E-state index contributed by atoms with van der Waals surface area (Å²) >= 11 is 7.76. The van der Waals surface area contributed by atoms with Crippen LogP contribution in [-0.2, 0) is 14.8 Å². The van der Waals surface area contributed by atoms with Crippen molar-refractivity contribution in [1.82, 2.24) is 14.2 Å². The highest BCUT2D eigenvalue weighted by Gasteiger charge is 2.35. The van der Waals surface area contributed by atoms with E-state index in [0.29, 0.717) is 29.5 Å². The Hall–Kier alpha value is -2.11. The van der Waals surface area contributed by atoms with Gasteiger partial charge in [-0.15, -0.1) is 0 Å². The summed E-state index contributed by atoms with van der Waals surface area (Å²) in [6, 6.07) is 8.60. The van der Waals surface area contributed by atoms with E-state index in [-0.39, 0.29) is 29.8 Å². The van der Waals surface area contributed by atoms with Crippen molar-refractivity contribution in [2.24, 2.45) is 5.92 Å². The number of rotatable bonds is 8. The number of aromatic nitrogens is 1. The van der Waals surface area contributed by atoms with Crippen LogP contribution in [0.15, 0.2) is 41.3 Å². The van der Waals surface area contributed by atoms with Crippen LogP contribution in [0.3, 0.4) is 0 Å². The molecule has 4 rings (SSSR count). The Morgan fingerprint density at radius 2 is 1.81 bits per heavy atom. The van der Waals surface area contributed by atoms with Crippen molar-refractivity contribution in [3.63, 3.8) is 0 Å². The lowest BCUT2D eigenvalue weighted by Gasteiger charge is -2.33. The van der Waals surface area contributed by atoms with Crippen molar-refractivity contribution >= 4 is 54.2 Å². The predicted molar refractivity (Wildman–Crippen MR) is 143 cm³/mol. The predicted octanol–water partition coefficient (Wildman–Crippen LogP) is 4.78. The maximum Gasteiger partial charge on any atom is 0.243 e. The van der Waals surface area contributed by atoms with E-state index in [1.165, 1.54) is 27.8 Å². The monoisotopic (exact) mass is 552 g/mol. The largest absolute Gasteiger partial charge is 0.309 e. The van der Waals surface area contributed by atoms with Gasteiger partial charge in [-0.05, 0) is 88.8 Å². The van der Waals surface area contributed by atoms with Crippen LogP contribution in [0.5, 0.6) is 0 Å². The maximum atomic E-state index is 13.7. The number of thiazole rings is 1. The molecular weight excluding hydrogens is 523 g/mol. The highest BCUT2D eigenvalue weighted by molar-refractivity contribution is 7.89. The van der Waals surface area contributed by atoms with Crippen molar-refractivity contribution in [3.8, 4) is 0 Å². The molecule has 2 aromatic carbocycles. The molecule has 0 N–H and O–H groups in total. The first kappa shape index (κ1) is 26.9. The van der Waals surface area contributed by atoms with Gasteiger partial charge in [0.25, 0.3) is 0 Å². The lowest BCUT2D eigenvalue weighted by atomic mass is 9.96. The average molecular weight is 553 g/mol. The Morgan fingerprint density at radius 3 is 2.44 bits per heavy atom. The number of benzene rings is 2. The normalized spacial score (nSPS) is 15.6. The van der Waals surface area contributed by atoms with Gasteiger partial charge < -0.3 is 4.90 Å². The Balaban J connectivity index is 1.52. The minimum absolute atomic E-state index is 0.0320. The van der Waals surface area contributed by atoms with Crippen molar-refractivity contribution in [3.05, 3.63) is 52.8 Å². The Morgan fingerprint density at radius 1 is 1.14 bits per heavy atom. The summed E-state index contributed by atoms with van der Waals surface area (Å²) in [5, 5.41) is 1.28. The van der Waals surface area contributed by atoms with Crippen LogP contribution in [0.4, 0.5) is 9.52 Å². The van der Waals surface area contributed by atoms with Gasteiger partial charge >= 0.3 is 0 Å². The number of aryl methyl sites for hydroxylation is 1. The van der Waals surface area contributed by atoms with E-state index in [9.17, 15) is 17.6 Å². The Labute approximate surface area is 220 Å². The molecule has 0 aliphatic carbocycles. The smallest absolute Gasteiger partial charge is 0.243 e. The van der Waals surface area contributed by atoms with Crippen LogP contribution in [-0.4, -0.2) is 68.8 Å².